The molecule has 30 heavy (non-hydrogen) atoms. The van der Waals surface area contributed by atoms with Crippen LogP contribution < -0.4 is 14.8 Å². The number of ketones is 1. The molecule has 0 radical (unpaired) electrons. The summed E-state index contributed by atoms with van der Waals surface area (Å²) in [7, 11) is 1.50. The van der Waals surface area contributed by atoms with E-state index in [1.807, 2.05) is 18.2 Å². The molecule has 2 aromatic rings. The highest BCUT2D eigenvalue weighted by Crippen LogP contribution is 2.28. The monoisotopic (exact) mass is 412 g/mol. The molecule has 0 spiro atoms. The molecule has 0 aliphatic carbocycles. The Labute approximate surface area is 179 Å². The number of hydrogen-bond donors (Lipinski definition) is 1. The molecule has 0 heterocycles. The van der Waals surface area contributed by atoms with Gasteiger partial charge in [-0.2, -0.15) is 0 Å². The van der Waals surface area contributed by atoms with E-state index in [0.29, 0.717) is 23.6 Å². The van der Waals surface area contributed by atoms with E-state index in [9.17, 15) is 9.59 Å². The van der Waals surface area contributed by atoms with Gasteiger partial charge in [0.05, 0.1) is 7.11 Å². The normalized spacial score (nSPS) is 11.8. The van der Waals surface area contributed by atoms with Crippen LogP contribution in [0.25, 0.3) is 0 Å². The van der Waals surface area contributed by atoms with Crippen LogP contribution in [0.1, 0.15) is 36.7 Å². The number of carbonyl (C=O) groups excluding carboxylic acids is 2. The number of Topliss-reactive ketones (excluding diaryl/α,β-unsaturated/α-hetero) is 1. The van der Waals surface area contributed by atoms with Gasteiger partial charge in [-0.15, -0.1) is 0 Å². The Morgan fingerprint density at radius 1 is 1.03 bits per heavy atom. The SMILES string of the molecule is CCN(CC)C(CNC(=O)COc1ccc(C(C)=O)cc1OC)Cc1ccccc1. The molecule has 0 bridgehead atoms. The molecule has 6 heteroatoms. The van der Waals surface area contributed by atoms with E-state index in [0.717, 1.165) is 19.5 Å². The van der Waals surface area contributed by atoms with Crippen LogP contribution >= 0.6 is 0 Å². The number of hydrogen-bond acceptors (Lipinski definition) is 5. The van der Waals surface area contributed by atoms with Crippen molar-refractivity contribution < 1.29 is 19.1 Å². The number of ether oxygens (including phenoxy) is 2. The summed E-state index contributed by atoms with van der Waals surface area (Å²) in [5.41, 5.74) is 1.78. The van der Waals surface area contributed by atoms with Crippen LogP contribution in [-0.2, 0) is 11.2 Å². The third-order valence-electron chi connectivity index (χ3n) is 5.11. The molecule has 6 nitrogen and oxygen atoms in total. The Bertz CT molecular complexity index is 819. The Hall–Kier alpha value is -2.86. The maximum atomic E-state index is 12.4. The van der Waals surface area contributed by atoms with Gasteiger partial charge in [-0.25, -0.2) is 0 Å². The van der Waals surface area contributed by atoms with Crippen molar-refractivity contribution in [2.45, 2.75) is 33.2 Å². The molecular weight excluding hydrogens is 380 g/mol. The lowest BCUT2D eigenvalue weighted by atomic mass is 10.0. The zero-order valence-corrected chi connectivity index (χ0v) is 18.3. The standard InChI is InChI=1S/C24H32N2O4/c1-5-26(6-2)21(14-19-10-8-7-9-11-19)16-25-24(28)17-30-22-13-12-20(18(3)27)15-23(22)29-4/h7-13,15,21H,5-6,14,16-17H2,1-4H3,(H,25,28). The van der Waals surface area contributed by atoms with E-state index in [2.05, 4.69) is 36.2 Å². The van der Waals surface area contributed by atoms with Gasteiger partial charge in [-0.1, -0.05) is 44.2 Å². The summed E-state index contributed by atoms with van der Waals surface area (Å²) in [6.45, 7) is 8.00. The Morgan fingerprint density at radius 3 is 2.33 bits per heavy atom. The van der Waals surface area contributed by atoms with Crippen molar-refractivity contribution in [3.63, 3.8) is 0 Å². The minimum Gasteiger partial charge on any atom is -0.493 e. The molecule has 0 saturated heterocycles. The van der Waals surface area contributed by atoms with Crippen molar-refractivity contribution in [2.24, 2.45) is 0 Å². The summed E-state index contributed by atoms with van der Waals surface area (Å²) in [4.78, 5) is 26.3. The number of amides is 1. The summed E-state index contributed by atoms with van der Waals surface area (Å²) in [5.74, 6) is 0.610. The second-order valence-corrected chi connectivity index (χ2v) is 7.08. The minimum atomic E-state index is -0.196. The minimum absolute atomic E-state index is 0.0570. The molecule has 0 aromatic heterocycles. The Morgan fingerprint density at radius 2 is 1.73 bits per heavy atom. The fraction of sp³-hybridized carbons (Fsp3) is 0.417. The van der Waals surface area contributed by atoms with Crippen LogP contribution in [0.4, 0.5) is 0 Å². The lowest BCUT2D eigenvalue weighted by molar-refractivity contribution is -0.123. The highest BCUT2D eigenvalue weighted by molar-refractivity contribution is 5.94. The summed E-state index contributed by atoms with van der Waals surface area (Å²) in [6.07, 6.45) is 0.865. The van der Waals surface area contributed by atoms with Crippen molar-refractivity contribution in [3.8, 4) is 11.5 Å². The van der Waals surface area contributed by atoms with Crippen LogP contribution in [0.3, 0.4) is 0 Å². The van der Waals surface area contributed by atoms with E-state index >= 15 is 0 Å². The van der Waals surface area contributed by atoms with Gasteiger partial charge < -0.3 is 14.8 Å². The van der Waals surface area contributed by atoms with Crippen molar-refractivity contribution in [1.82, 2.24) is 10.2 Å². The predicted octanol–water partition coefficient (Wildman–Crippen LogP) is 3.35. The zero-order valence-electron chi connectivity index (χ0n) is 18.3. The Balaban J connectivity index is 1.94. The fourth-order valence-electron chi connectivity index (χ4n) is 3.39. The molecule has 2 rings (SSSR count). The second kappa shape index (κ2) is 12.0. The van der Waals surface area contributed by atoms with Gasteiger partial charge in [-0.3, -0.25) is 14.5 Å². The number of benzene rings is 2. The van der Waals surface area contributed by atoms with Gasteiger partial charge in [-0.05, 0) is 50.2 Å². The Kier molecular flexibility index (Phi) is 9.35. The maximum Gasteiger partial charge on any atom is 0.257 e. The predicted molar refractivity (Wildman–Crippen MR) is 118 cm³/mol. The first kappa shape index (κ1) is 23.4. The third-order valence-corrected chi connectivity index (χ3v) is 5.11. The smallest absolute Gasteiger partial charge is 0.257 e. The fourth-order valence-corrected chi connectivity index (χ4v) is 3.39. The average Bonchev–Trinajstić information content (AvgIpc) is 2.77. The van der Waals surface area contributed by atoms with Crippen molar-refractivity contribution in [2.75, 3.05) is 33.4 Å². The number of carbonyl (C=O) groups is 2. The lowest BCUT2D eigenvalue weighted by Crippen LogP contribution is -2.46. The summed E-state index contributed by atoms with van der Waals surface area (Å²) in [6, 6.07) is 15.4. The zero-order chi connectivity index (χ0) is 21.9. The maximum absolute atomic E-state index is 12.4. The molecule has 0 saturated carbocycles. The van der Waals surface area contributed by atoms with Crippen LogP contribution in [0.2, 0.25) is 0 Å². The molecule has 1 atom stereocenters. The van der Waals surface area contributed by atoms with Gasteiger partial charge in [0, 0.05) is 18.2 Å². The number of rotatable bonds is 12. The van der Waals surface area contributed by atoms with E-state index < -0.39 is 0 Å². The summed E-state index contributed by atoms with van der Waals surface area (Å²) < 4.78 is 10.9. The molecule has 162 valence electrons. The first-order valence-electron chi connectivity index (χ1n) is 10.3. The molecule has 2 aromatic carbocycles. The highest BCUT2D eigenvalue weighted by Gasteiger charge is 2.18. The number of methoxy groups -OCH3 is 1. The van der Waals surface area contributed by atoms with Crippen molar-refractivity contribution in [1.29, 1.82) is 0 Å². The van der Waals surface area contributed by atoms with Gasteiger partial charge in [0.1, 0.15) is 0 Å². The molecule has 1 N–H and O–H groups in total. The van der Waals surface area contributed by atoms with Crippen molar-refractivity contribution in [3.05, 3.63) is 59.7 Å². The number of likely N-dealkylation sites (N-methyl/N-ethyl adjacent to an activating group) is 1. The molecule has 0 fully saturated rings. The third kappa shape index (κ3) is 6.88. The lowest BCUT2D eigenvalue weighted by Gasteiger charge is -2.30. The van der Waals surface area contributed by atoms with Crippen molar-refractivity contribution >= 4 is 11.7 Å². The van der Waals surface area contributed by atoms with E-state index in [4.69, 9.17) is 9.47 Å². The van der Waals surface area contributed by atoms with E-state index in [1.165, 1.54) is 19.6 Å². The van der Waals surface area contributed by atoms with Crippen LogP contribution in [-0.4, -0.2) is 56.0 Å². The van der Waals surface area contributed by atoms with E-state index in [1.54, 1.807) is 18.2 Å². The van der Waals surface area contributed by atoms with Gasteiger partial charge in [0.2, 0.25) is 0 Å². The highest BCUT2D eigenvalue weighted by atomic mass is 16.5. The molecular formula is C24H32N2O4. The first-order chi connectivity index (χ1) is 14.5. The van der Waals surface area contributed by atoms with E-state index in [-0.39, 0.29) is 24.3 Å². The van der Waals surface area contributed by atoms with Crippen LogP contribution in [0.15, 0.2) is 48.5 Å². The number of nitrogens with zero attached hydrogens (tertiary/aromatic N) is 1. The second-order valence-electron chi connectivity index (χ2n) is 7.08. The van der Waals surface area contributed by atoms with Gasteiger partial charge in [0.15, 0.2) is 23.9 Å². The van der Waals surface area contributed by atoms with Gasteiger partial charge in [0.25, 0.3) is 5.91 Å². The number of nitrogens with one attached hydrogen (secondary N) is 1. The summed E-state index contributed by atoms with van der Waals surface area (Å²) >= 11 is 0. The summed E-state index contributed by atoms with van der Waals surface area (Å²) in [5, 5.41) is 2.99. The topological polar surface area (TPSA) is 67.9 Å². The molecule has 1 amide bonds. The molecule has 0 aliphatic rings. The quantitative estimate of drug-likeness (QED) is 0.542. The average molecular weight is 413 g/mol. The largest absolute Gasteiger partial charge is 0.493 e. The van der Waals surface area contributed by atoms with Crippen LogP contribution in [0, 0.1) is 0 Å². The first-order valence-corrected chi connectivity index (χ1v) is 10.3. The molecule has 1 unspecified atom stereocenters. The van der Waals surface area contributed by atoms with Gasteiger partial charge >= 0.3 is 0 Å². The molecule has 0 aliphatic heterocycles. The van der Waals surface area contributed by atoms with Crippen LogP contribution in [0.5, 0.6) is 11.5 Å².